The van der Waals surface area contributed by atoms with Crippen molar-refractivity contribution in [1.82, 2.24) is 20.5 Å². The smallest absolute Gasteiger partial charge is 0.290 e. The van der Waals surface area contributed by atoms with E-state index in [0.29, 0.717) is 12.5 Å². The third kappa shape index (κ3) is 2.38. The van der Waals surface area contributed by atoms with Crippen LogP contribution in [0.1, 0.15) is 57.5 Å². The van der Waals surface area contributed by atoms with Crippen molar-refractivity contribution in [3.63, 3.8) is 0 Å². The van der Waals surface area contributed by atoms with Crippen LogP contribution in [0.5, 0.6) is 0 Å². The maximum Gasteiger partial charge on any atom is 0.290 e. The Kier molecular flexibility index (Phi) is 3.41. The first-order valence-electron chi connectivity index (χ1n) is 7.00. The van der Waals surface area contributed by atoms with Crippen LogP contribution in [-0.4, -0.2) is 27.6 Å². The minimum atomic E-state index is -0.183. The van der Waals surface area contributed by atoms with E-state index in [2.05, 4.69) is 55.1 Å². The number of aryl methyl sites for hydroxylation is 1. The Bertz CT molecular complexity index is 462. The fourth-order valence-corrected chi connectivity index (χ4v) is 2.86. The molecule has 0 unspecified atom stereocenters. The fourth-order valence-electron chi connectivity index (χ4n) is 2.86. The van der Waals surface area contributed by atoms with Gasteiger partial charge in [-0.05, 0) is 23.2 Å². The molecule has 1 saturated carbocycles. The highest BCUT2D eigenvalue weighted by molar-refractivity contribution is 5.90. The molecule has 0 aliphatic heterocycles. The normalized spacial score (nSPS) is 20.3. The van der Waals surface area contributed by atoms with Gasteiger partial charge in [0.25, 0.3) is 5.91 Å². The molecular weight excluding hydrogens is 240 g/mol. The van der Waals surface area contributed by atoms with Crippen molar-refractivity contribution in [3.05, 3.63) is 11.6 Å². The largest absolute Gasteiger partial charge is 0.349 e. The molecule has 1 aliphatic rings. The number of amides is 1. The Morgan fingerprint density at radius 3 is 2.47 bits per heavy atom. The van der Waals surface area contributed by atoms with E-state index in [0.717, 1.165) is 18.7 Å². The molecule has 5 heteroatoms. The molecule has 0 spiro atoms. The van der Waals surface area contributed by atoms with Crippen molar-refractivity contribution < 1.29 is 4.79 Å². The number of carbonyl (C=O) groups excluding carboxylic acids is 1. The van der Waals surface area contributed by atoms with E-state index in [1.54, 1.807) is 0 Å². The van der Waals surface area contributed by atoms with E-state index in [-0.39, 0.29) is 22.6 Å². The quantitative estimate of drug-likeness (QED) is 0.856. The first-order chi connectivity index (χ1) is 8.80. The zero-order chi connectivity index (χ0) is 14.3. The summed E-state index contributed by atoms with van der Waals surface area (Å²) in [5.41, 5.74) is 0.569. The zero-order valence-corrected chi connectivity index (χ0v) is 12.5. The second-order valence-electron chi connectivity index (χ2n) is 6.56. The lowest BCUT2D eigenvalue weighted by Gasteiger charge is -2.04. The molecule has 0 bridgehead atoms. The van der Waals surface area contributed by atoms with Gasteiger partial charge in [0.05, 0.1) is 0 Å². The molecule has 1 aromatic rings. The Balaban J connectivity index is 1.88. The molecule has 0 aromatic carbocycles. The third-order valence-corrected chi connectivity index (χ3v) is 5.01. The van der Waals surface area contributed by atoms with Gasteiger partial charge in [0.15, 0.2) is 0 Å². The van der Waals surface area contributed by atoms with Crippen LogP contribution in [0.25, 0.3) is 0 Å². The molecular formula is C14H24N4O. The Labute approximate surface area is 114 Å². The van der Waals surface area contributed by atoms with Gasteiger partial charge in [-0.25, -0.2) is 4.98 Å². The van der Waals surface area contributed by atoms with Crippen LogP contribution in [0.3, 0.4) is 0 Å². The number of aromatic nitrogens is 3. The van der Waals surface area contributed by atoms with Gasteiger partial charge >= 0.3 is 0 Å². The summed E-state index contributed by atoms with van der Waals surface area (Å²) >= 11 is 0. The summed E-state index contributed by atoms with van der Waals surface area (Å²) in [6.45, 7) is 11.7. The Hall–Kier alpha value is -1.39. The fraction of sp³-hybridized carbons (Fsp3) is 0.786. The molecule has 1 fully saturated rings. The standard InChI is InChI=1S/C14H24N4O/c1-6-7-10-16-11(18-17-10)12(19)15-8-9-13(2,3)14(9,4)5/h9H,6-8H2,1-5H3,(H,15,19)(H,16,17,18). The Morgan fingerprint density at radius 1 is 1.32 bits per heavy atom. The SMILES string of the molecule is CCCc1nc(C(=O)NCC2C(C)(C)C2(C)C)n[nH]1. The molecule has 1 aliphatic carbocycles. The average molecular weight is 264 g/mol. The summed E-state index contributed by atoms with van der Waals surface area (Å²) in [4.78, 5) is 16.2. The van der Waals surface area contributed by atoms with Gasteiger partial charge in [-0.15, -0.1) is 5.10 Å². The first kappa shape index (κ1) is 14.0. The maximum atomic E-state index is 12.0. The second-order valence-corrected chi connectivity index (χ2v) is 6.56. The Morgan fingerprint density at radius 2 is 1.95 bits per heavy atom. The maximum absolute atomic E-state index is 12.0. The van der Waals surface area contributed by atoms with Gasteiger partial charge in [-0.1, -0.05) is 34.6 Å². The van der Waals surface area contributed by atoms with Gasteiger partial charge in [0, 0.05) is 13.0 Å². The monoisotopic (exact) mass is 264 g/mol. The van der Waals surface area contributed by atoms with Gasteiger partial charge in [-0.2, -0.15) is 0 Å². The molecule has 0 radical (unpaired) electrons. The summed E-state index contributed by atoms with van der Waals surface area (Å²) in [7, 11) is 0. The van der Waals surface area contributed by atoms with E-state index in [4.69, 9.17) is 0 Å². The van der Waals surface area contributed by atoms with Crippen LogP contribution >= 0.6 is 0 Å². The van der Waals surface area contributed by atoms with E-state index in [1.807, 2.05) is 0 Å². The van der Waals surface area contributed by atoms with Crippen molar-refractivity contribution >= 4 is 5.91 Å². The van der Waals surface area contributed by atoms with Crippen LogP contribution in [0.4, 0.5) is 0 Å². The summed E-state index contributed by atoms with van der Waals surface area (Å²) in [6.07, 6.45) is 1.81. The molecule has 0 saturated heterocycles. The summed E-state index contributed by atoms with van der Waals surface area (Å²) in [5, 5.41) is 9.70. The van der Waals surface area contributed by atoms with Crippen molar-refractivity contribution in [3.8, 4) is 0 Å². The average Bonchev–Trinajstić information content (AvgIpc) is 2.71. The number of rotatable bonds is 5. The van der Waals surface area contributed by atoms with E-state index >= 15 is 0 Å². The number of nitrogens with zero attached hydrogens (tertiary/aromatic N) is 2. The summed E-state index contributed by atoms with van der Waals surface area (Å²) in [6, 6.07) is 0. The molecule has 2 rings (SSSR count). The van der Waals surface area contributed by atoms with E-state index in [1.165, 1.54) is 0 Å². The molecule has 1 aromatic heterocycles. The van der Waals surface area contributed by atoms with Crippen molar-refractivity contribution in [2.75, 3.05) is 6.54 Å². The van der Waals surface area contributed by atoms with Crippen LogP contribution in [0.15, 0.2) is 0 Å². The lowest BCUT2D eigenvalue weighted by molar-refractivity contribution is 0.0940. The minimum absolute atomic E-state index is 0.183. The van der Waals surface area contributed by atoms with Crippen molar-refractivity contribution in [2.24, 2.45) is 16.7 Å². The van der Waals surface area contributed by atoms with Gasteiger partial charge in [-0.3, -0.25) is 9.89 Å². The van der Waals surface area contributed by atoms with Gasteiger partial charge in [0.1, 0.15) is 5.82 Å². The number of nitrogens with one attached hydrogen (secondary N) is 2. The highest BCUT2D eigenvalue weighted by Gasteiger charge is 2.64. The zero-order valence-electron chi connectivity index (χ0n) is 12.5. The predicted molar refractivity (Wildman–Crippen MR) is 73.8 cm³/mol. The molecule has 1 amide bonds. The third-order valence-electron chi connectivity index (χ3n) is 5.01. The highest BCUT2D eigenvalue weighted by atomic mass is 16.2. The topological polar surface area (TPSA) is 70.7 Å². The van der Waals surface area contributed by atoms with Crippen LogP contribution < -0.4 is 5.32 Å². The number of H-pyrrole nitrogens is 1. The minimum Gasteiger partial charge on any atom is -0.349 e. The number of carbonyl (C=O) groups is 1. The van der Waals surface area contributed by atoms with Crippen LogP contribution in [0.2, 0.25) is 0 Å². The van der Waals surface area contributed by atoms with Crippen molar-refractivity contribution in [1.29, 1.82) is 0 Å². The van der Waals surface area contributed by atoms with Gasteiger partial charge < -0.3 is 5.32 Å². The highest BCUT2D eigenvalue weighted by Crippen LogP contribution is 2.67. The molecule has 106 valence electrons. The summed E-state index contributed by atoms with van der Waals surface area (Å²) in [5.74, 6) is 1.36. The lowest BCUT2D eigenvalue weighted by atomic mass is 10.0. The number of aromatic amines is 1. The predicted octanol–water partition coefficient (Wildman–Crippen LogP) is 2.17. The number of hydrogen-bond acceptors (Lipinski definition) is 3. The van der Waals surface area contributed by atoms with Crippen LogP contribution in [0, 0.1) is 16.7 Å². The molecule has 0 atom stereocenters. The first-order valence-corrected chi connectivity index (χ1v) is 7.00. The molecule has 19 heavy (non-hydrogen) atoms. The molecule has 2 N–H and O–H groups in total. The van der Waals surface area contributed by atoms with Crippen molar-refractivity contribution in [2.45, 2.75) is 47.5 Å². The van der Waals surface area contributed by atoms with E-state index < -0.39 is 0 Å². The summed E-state index contributed by atoms with van der Waals surface area (Å²) < 4.78 is 0. The number of hydrogen-bond donors (Lipinski definition) is 2. The van der Waals surface area contributed by atoms with E-state index in [9.17, 15) is 4.79 Å². The molecule has 1 heterocycles. The second kappa shape index (κ2) is 4.62. The van der Waals surface area contributed by atoms with Crippen LogP contribution in [-0.2, 0) is 6.42 Å². The molecule has 5 nitrogen and oxygen atoms in total. The van der Waals surface area contributed by atoms with Gasteiger partial charge in [0.2, 0.25) is 5.82 Å². The lowest BCUT2D eigenvalue weighted by Crippen LogP contribution is -2.28.